The summed E-state index contributed by atoms with van der Waals surface area (Å²) in [5.41, 5.74) is 1.54. The number of pyridine rings is 1. The average Bonchev–Trinajstić information content (AvgIpc) is 2.75. The number of hydrogen-bond donors (Lipinski definition) is 1. The zero-order valence-electron chi connectivity index (χ0n) is 18.3. The molecule has 0 atom stereocenters. The van der Waals surface area contributed by atoms with E-state index in [1.54, 1.807) is 0 Å². The highest BCUT2D eigenvalue weighted by molar-refractivity contribution is 6.17. The Bertz CT molecular complexity index is 671. The predicted molar refractivity (Wildman–Crippen MR) is 128 cm³/mol. The minimum absolute atomic E-state index is 0. The predicted octanol–water partition coefficient (Wildman–Crippen LogP) is 3.86. The molecule has 1 amide bonds. The van der Waals surface area contributed by atoms with Crippen LogP contribution in [-0.4, -0.2) is 72.6 Å². The summed E-state index contributed by atoms with van der Waals surface area (Å²) >= 11 is 5.64. The maximum Gasteiger partial charge on any atom is 0.269 e. The third kappa shape index (κ3) is 6.70. The van der Waals surface area contributed by atoms with Crippen molar-refractivity contribution >= 4 is 35.6 Å². The van der Waals surface area contributed by atoms with Crippen molar-refractivity contribution in [1.29, 1.82) is 0 Å². The fourth-order valence-corrected chi connectivity index (χ4v) is 4.85. The Morgan fingerprint density at radius 1 is 1.06 bits per heavy atom. The minimum atomic E-state index is -0.137. The molecule has 1 N–H and O–H groups in total. The maximum absolute atomic E-state index is 12.1. The van der Waals surface area contributed by atoms with E-state index < -0.39 is 0 Å². The van der Waals surface area contributed by atoms with E-state index in [0.29, 0.717) is 30.3 Å². The lowest BCUT2D eigenvalue weighted by atomic mass is 9.89. The number of piperidine rings is 2. The molecule has 4 rings (SSSR count). The minimum Gasteiger partial charge on any atom is -0.375 e. The van der Waals surface area contributed by atoms with Gasteiger partial charge in [-0.1, -0.05) is 6.42 Å². The molecule has 31 heavy (non-hydrogen) atoms. The Morgan fingerprint density at radius 2 is 1.74 bits per heavy atom. The summed E-state index contributed by atoms with van der Waals surface area (Å²) in [4.78, 5) is 21.5. The van der Waals surface area contributed by atoms with Crippen molar-refractivity contribution in [2.45, 2.75) is 69.6 Å². The molecule has 1 aromatic heterocycles. The molecule has 0 spiro atoms. The molecule has 0 aromatic carbocycles. The molecule has 0 bridgehead atoms. The molecule has 3 fully saturated rings. The van der Waals surface area contributed by atoms with Crippen LogP contribution in [0.5, 0.6) is 0 Å². The Morgan fingerprint density at radius 3 is 2.29 bits per heavy atom. The first kappa shape index (κ1) is 24.6. The first-order valence-electron chi connectivity index (χ1n) is 11.7. The van der Waals surface area contributed by atoms with Crippen LogP contribution in [0, 0.1) is 0 Å². The zero-order valence-corrected chi connectivity index (χ0v) is 19.9. The van der Waals surface area contributed by atoms with Crippen LogP contribution in [0.2, 0.25) is 0 Å². The van der Waals surface area contributed by atoms with E-state index >= 15 is 0 Å². The largest absolute Gasteiger partial charge is 0.375 e. The molecule has 1 aliphatic carbocycles. The number of likely N-dealkylation sites (tertiary alicyclic amines) is 1. The van der Waals surface area contributed by atoms with Crippen molar-refractivity contribution in [2.24, 2.45) is 0 Å². The third-order valence-corrected chi connectivity index (χ3v) is 7.10. The Hall–Kier alpha value is -1.08. The number of alkyl halides is 1. The number of nitrogens with zero attached hydrogens (tertiary/aromatic N) is 3. The first-order chi connectivity index (χ1) is 14.7. The van der Waals surface area contributed by atoms with Gasteiger partial charge in [-0.05, 0) is 57.1 Å². The van der Waals surface area contributed by atoms with E-state index in [2.05, 4.69) is 20.1 Å². The second-order valence-corrected chi connectivity index (χ2v) is 9.22. The molecular weight excluding hydrogens is 435 g/mol. The number of aromatic nitrogens is 1. The molecule has 174 valence electrons. The molecule has 6 nitrogen and oxygen atoms in total. The van der Waals surface area contributed by atoms with Gasteiger partial charge in [0.25, 0.3) is 5.91 Å². The number of halogens is 2. The average molecular weight is 471 g/mol. The lowest BCUT2D eigenvalue weighted by molar-refractivity contribution is -0.0598. The van der Waals surface area contributed by atoms with Crippen molar-refractivity contribution in [1.82, 2.24) is 15.2 Å². The van der Waals surface area contributed by atoms with Gasteiger partial charge in [0.05, 0.1) is 24.1 Å². The summed E-state index contributed by atoms with van der Waals surface area (Å²) < 4.78 is 6.46. The standard InChI is InChI=1S/C23H35ClN4O2.ClH/c24-11-2-12-25-23(29)22-6-5-19(17-26-22)28-15-9-21(10-16-28)30-20-7-13-27(14-8-20)18-3-1-4-18;/h5-6,17-18,20-21H,1-4,7-16H2,(H,25,29);1H. The van der Waals surface area contributed by atoms with Crippen LogP contribution in [0.15, 0.2) is 18.3 Å². The number of carbonyl (C=O) groups excluding carboxylic acids is 1. The van der Waals surface area contributed by atoms with Crippen LogP contribution < -0.4 is 10.2 Å². The van der Waals surface area contributed by atoms with Gasteiger partial charge in [0.1, 0.15) is 5.69 Å². The van der Waals surface area contributed by atoms with Crippen LogP contribution in [0.3, 0.4) is 0 Å². The van der Waals surface area contributed by atoms with Crippen LogP contribution in [0.4, 0.5) is 5.69 Å². The zero-order chi connectivity index (χ0) is 20.8. The number of rotatable bonds is 8. The van der Waals surface area contributed by atoms with E-state index in [4.69, 9.17) is 16.3 Å². The van der Waals surface area contributed by atoms with Crippen LogP contribution in [0.25, 0.3) is 0 Å². The normalized spacial score (nSPS) is 21.4. The summed E-state index contributed by atoms with van der Waals surface area (Å²) in [6, 6.07) is 4.68. The van der Waals surface area contributed by atoms with Gasteiger partial charge in [-0.15, -0.1) is 24.0 Å². The molecule has 0 radical (unpaired) electrons. The fraction of sp³-hybridized carbons (Fsp3) is 0.739. The summed E-state index contributed by atoms with van der Waals surface area (Å²) in [5.74, 6) is 0.411. The fourth-order valence-electron chi connectivity index (χ4n) is 4.72. The number of anilines is 1. The van der Waals surface area contributed by atoms with Crippen LogP contribution in [0.1, 0.15) is 61.9 Å². The van der Waals surface area contributed by atoms with Gasteiger partial charge in [-0.2, -0.15) is 0 Å². The smallest absolute Gasteiger partial charge is 0.269 e. The van der Waals surface area contributed by atoms with Gasteiger partial charge in [0.2, 0.25) is 0 Å². The van der Waals surface area contributed by atoms with Crippen LogP contribution in [-0.2, 0) is 4.74 Å². The molecular formula is C23H36Cl2N4O2. The van der Waals surface area contributed by atoms with E-state index in [1.165, 1.54) is 45.2 Å². The number of nitrogens with one attached hydrogen (secondary N) is 1. The van der Waals surface area contributed by atoms with Gasteiger partial charge in [-0.3, -0.25) is 4.79 Å². The molecule has 3 aliphatic rings. The van der Waals surface area contributed by atoms with Crippen LogP contribution >= 0.6 is 24.0 Å². The molecule has 1 saturated carbocycles. The highest BCUT2D eigenvalue weighted by Crippen LogP contribution is 2.29. The summed E-state index contributed by atoms with van der Waals surface area (Å²) in [7, 11) is 0. The first-order valence-corrected chi connectivity index (χ1v) is 12.2. The molecule has 2 saturated heterocycles. The quantitative estimate of drug-likeness (QED) is 0.461. The van der Waals surface area contributed by atoms with Crippen molar-refractivity contribution in [2.75, 3.05) is 43.5 Å². The van der Waals surface area contributed by atoms with Crippen molar-refractivity contribution < 1.29 is 9.53 Å². The number of amides is 1. The lowest BCUT2D eigenvalue weighted by Crippen LogP contribution is -2.47. The van der Waals surface area contributed by atoms with Gasteiger partial charge in [-0.25, -0.2) is 4.98 Å². The third-order valence-electron chi connectivity index (χ3n) is 6.84. The van der Waals surface area contributed by atoms with Gasteiger partial charge in [0.15, 0.2) is 0 Å². The lowest BCUT2D eigenvalue weighted by Gasteiger charge is -2.43. The van der Waals surface area contributed by atoms with E-state index in [9.17, 15) is 4.79 Å². The number of hydrogen-bond acceptors (Lipinski definition) is 5. The van der Waals surface area contributed by atoms with E-state index in [-0.39, 0.29) is 18.3 Å². The number of carbonyl (C=O) groups is 1. The van der Waals surface area contributed by atoms with Crippen molar-refractivity contribution in [3.05, 3.63) is 24.0 Å². The SMILES string of the molecule is Cl.O=C(NCCCCl)c1ccc(N2CCC(OC3CCN(C4CCC4)CC3)CC2)cn1. The van der Waals surface area contributed by atoms with E-state index in [1.807, 2.05) is 18.3 Å². The van der Waals surface area contributed by atoms with Crippen molar-refractivity contribution in [3.63, 3.8) is 0 Å². The van der Waals surface area contributed by atoms with Gasteiger partial charge in [0, 0.05) is 44.6 Å². The second-order valence-electron chi connectivity index (χ2n) is 8.84. The monoisotopic (exact) mass is 470 g/mol. The van der Waals surface area contributed by atoms with Gasteiger partial charge >= 0.3 is 0 Å². The Labute approximate surface area is 197 Å². The van der Waals surface area contributed by atoms with Gasteiger partial charge < -0.3 is 19.9 Å². The number of ether oxygens (including phenoxy) is 1. The Kier molecular flexibility index (Phi) is 9.70. The molecule has 0 unspecified atom stereocenters. The molecule has 1 aromatic rings. The molecule has 8 heteroatoms. The van der Waals surface area contributed by atoms with E-state index in [0.717, 1.165) is 44.1 Å². The molecule has 3 heterocycles. The summed E-state index contributed by atoms with van der Waals surface area (Å²) in [5, 5.41) is 2.84. The summed E-state index contributed by atoms with van der Waals surface area (Å²) in [6.07, 6.45) is 12.1. The highest BCUT2D eigenvalue weighted by atomic mass is 35.5. The van der Waals surface area contributed by atoms with Crippen molar-refractivity contribution in [3.8, 4) is 0 Å². The highest BCUT2D eigenvalue weighted by Gasteiger charge is 2.30. The topological polar surface area (TPSA) is 57.7 Å². The maximum atomic E-state index is 12.1. The molecule has 2 aliphatic heterocycles. The Balaban J connectivity index is 0.00000272. The summed E-state index contributed by atoms with van der Waals surface area (Å²) in [6.45, 7) is 4.97. The second kappa shape index (κ2) is 12.2.